The molecule has 1 amide bonds. The van der Waals surface area contributed by atoms with Crippen LogP contribution in [0.15, 0.2) is 51.9 Å². The molecule has 2 aromatic carbocycles. The first-order chi connectivity index (χ1) is 15.9. The normalized spacial score (nSPS) is 13.4. The Balaban J connectivity index is 1.70. The fraction of sp³-hybridized carbons (Fsp3) is 0.318. The highest BCUT2D eigenvalue weighted by atomic mass is 32.2. The summed E-state index contributed by atoms with van der Waals surface area (Å²) in [5.41, 5.74) is 0.833. The molecule has 174 valence electrons. The molecule has 0 spiro atoms. The number of aryl methyl sites for hydroxylation is 1. The summed E-state index contributed by atoms with van der Waals surface area (Å²) in [4.78, 5) is 18.3. The Morgan fingerprint density at radius 3 is 2.55 bits per heavy atom. The summed E-state index contributed by atoms with van der Waals surface area (Å²) in [6.45, 7) is 3.73. The highest BCUT2D eigenvalue weighted by molar-refractivity contribution is 7.92. The molecule has 0 bridgehead atoms. The molecule has 1 aromatic heterocycles. The van der Waals surface area contributed by atoms with Gasteiger partial charge in [0, 0.05) is 13.0 Å². The molecule has 0 fully saturated rings. The van der Waals surface area contributed by atoms with Crippen molar-refractivity contribution in [3.05, 3.63) is 54.2 Å². The monoisotopic (exact) mass is 472 g/mol. The second kappa shape index (κ2) is 9.10. The van der Waals surface area contributed by atoms with E-state index in [4.69, 9.17) is 14.0 Å². The number of aromatic nitrogens is 2. The lowest BCUT2D eigenvalue weighted by atomic mass is 10.2. The van der Waals surface area contributed by atoms with E-state index < -0.39 is 10.0 Å². The lowest BCUT2D eigenvalue weighted by Crippen LogP contribution is -2.39. The Hall–Kier alpha value is -3.60. The summed E-state index contributed by atoms with van der Waals surface area (Å²) in [6, 6.07) is 11.2. The van der Waals surface area contributed by atoms with Crippen molar-refractivity contribution in [1.82, 2.24) is 10.1 Å². The highest BCUT2D eigenvalue weighted by Gasteiger charge is 2.31. The molecule has 0 saturated carbocycles. The van der Waals surface area contributed by atoms with Crippen LogP contribution in [0.25, 0.3) is 0 Å². The van der Waals surface area contributed by atoms with Gasteiger partial charge in [0.2, 0.25) is 5.89 Å². The van der Waals surface area contributed by atoms with E-state index >= 15 is 0 Å². The molecule has 33 heavy (non-hydrogen) atoms. The Bertz CT molecular complexity index is 1260. The van der Waals surface area contributed by atoms with Crippen molar-refractivity contribution in [1.29, 1.82) is 0 Å². The Labute approximate surface area is 191 Å². The van der Waals surface area contributed by atoms with Crippen molar-refractivity contribution in [2.45, 2.75) is 31.7 Å². The quantitative estimate of drug-likeness (QED) is 0.492. The van der Waals surface area contributed by atoms with E-state index in [9.17, 15) is 13.2 Å². The van der Waals surface area contributed by atoms with Gasteiger partial charge in [-0.15, -0.1) is 0 Å². The van der Waals surface area contributed by atoms with Crippen LogP contribution in [0.3, 0.4) is 0 Å². The van der Waals surface area contributed by atoms with Gasteiger partial charge in [0.25, 0.3) is 15.9 Å². The van der Waals surface area contributed by atoms with Gasteiger partial charge in [-0.3, -0.25) is 14.0 Å². The molecule has 0 atom stereocenters. The number of sulfonamides is 1. The van der Waals surface area contributed by atoms with E-state index in [1.807, 2.05) is 6.92 Å². The Kier molecular flexibility index (Phi) is 6.23. The SMILES string of the molecule is CCc1nc(CN2C(=O)COc3ccc(S(=O)(=O)N(CC)c4ccc(OC)cc4)cc32)no1. The van der Waals surface area contributed by atoms with Crippen LogP contribution in [0.1, 0.15) is 25.6 Å². The van der Waals surface area contributed by atoms with Crippen LogP contribution in [0.4, 0.5) is 11.4 Å². The number of ether oxygens (including phenoxy) is 2. The zero-order valence-electron chi connectivity index (χ0n) is 18.5. The van der Waals surface area contributed by atoms with Gasteiger partial charge >= 0.3 is 0 Å². The fourth-order valence-electron chi connectivity index (χ4n) is 3.52. The number of anilines is 2. The van der Waals surface area contributed by atoms with Crippen LogP contribution in [0.2, 0.25) is 0 Å². The van der Waals surface area contributed by atoms with Gasteiger partial charge in [0.05, 0.1) is 29.9 Å². The second-order valence-electron chi connectivity index (χ2n) is 7.22. The number of carbonyl (C=O) groups excluding carboxylic acids is 1. The molecule has 1 aliphatic heterocycles. The highest BCUT2D eigenvalue weighted by Crippen LogP contribution is 2.36. The molecule has 10 nitrogen and oxygen atoms in total. The number of nitrogens with zero attached hydrogens (tertiary/aromatic N) is 4. The van der Waals surface area contributed by atoms with Crippen LogP contribution in [-0.2, 0) is 27.8 Å². The molecule has 0 N–H and O–H groups in total. The topological polar surface area (TPSA) is 115 Å². The zero-order valence-corrected chi connectivity index (χ0v) is 19.3. The van der Waals surface area contributed by atoms with E-state index in [0.717, 1.165) is 0 Å². The van der Waals surface area contributed by atoms with E-state index in [1.54, 1.807) is 44.4 Å². The Morgan fingerprint density at radius 2 is 1.91 bits per heavy atom. The number of rotatable bonds is 8. The molecule has 0 radical (unpaired) electrons. The summed E-state index contributed by atoms with van der Waals surface area (Å²) >= 11 is 0. The zero-order chi connectivity index (χ0) is 23.6. The van der Waals surface area contributed by atoms with Crippen molar-refractivity contribution in [3.63, 3.8) is 0 Å². The number of hydrogen-bond acceptors (Lipinski definition) is 8. The average Bonchev–Trinajstić information content (AvgIpc) is 3.29. The van der Waals surface area contributed by atoms with Crippen molar-refractivity contribution < 1.29 is 27.2 Å². The molecule has 3 aromatic rings. The third-order valence-electron chi connectivity index (χ3n) is 5.22. The fourth-order valence-corrected chi connectivity index (χ4v) is 5.02. The van der Waals surface area contributed by atoms with Crippen LogP contribution in [0, 0.1) is 0 Å². The smallest absolute Gasteiger partial charge is 0.265 e. The number of hydrogen-bond donors (Lipinski definition) is 0. The predicted molar refractivity (Wildman–Crippen MR) is 120 cm³/mol. The molecule has 0 unspecified atom stereocenters. The Morgan fingerprint density at radius 1 is 1.15 bits per heavy atom. The first-order valence-corrected chi connectivity index (χ1v) is 11.9. The van der Waals surface area contributed by atoms with Crippen molar-refractivity contribution >= 4 is 27.3 Å². The molecular formula is C22H24N4O6S. The van der Waals surface area contributed by atoms with E-state index in [0.29, 0.717) is 41.0 Å². The molecule has 11 heteroatoms. The number of carbonyl (C=O) groups is 1. The van der Waals surface area contributed by atoms with Crippen LogP contribution < -0.4 is 18.7 Å². The predicted octanol–water partition coefficient (Wildman–Crippen LogP) is 2.78. The van der Waals surface area contributed by atoms with Gasteiger partial charge in [-0.2, -0.15) is 4.98 Å². The maximum Gasteiger partial charge on any atom is 0.265 e. The third kappa shape index (κ3) is 4.36. The minimum atomic E-state index is -3.92. The summed E-state index contributed by atoms with van der Waals surface area (Å²) in [7, 11) is -2.38. The van der Waals surface area contributed by atoms with E-state index in [2.05, 4.69) is 10.1 Å². The van der Waals surface area contributed by atoms with Crippen LogP contribution in [0.5, 0.6) is 11.5 Å². The minimum Gasteiger partial charge on any atom is -0.497 e. The van der Waals surface area contributed by atoms with Gasteiger partial charge in [-0.1, -0.05) is 12.1 Å². The largest absolute Gasteiger partial charge is 0.497 e. The van der Waals surface area contributed by atoms with Crippen molar-refractivity contribution in [2.75, 3.05) is 29.5 Å². The first-order valence-electron chi connectivity index (χ1n) is 10.4. The number of methoxy groups -OCH3 is 1. The summed E-state index contributed by atoms with van der Waals surface area (Å²) in [5, 5.41) is 3.90. The molecule has 0 saturated heterocycles. The van der Waals surface area contributed by atoms with Gasteiger partial charge in [0.15, 0.2) is 12.4 Å². The maximum atomic E-state index is 13.5. The van der Waals surface area contributed by atoms with Gasteiger partial charge in [-0.05, 0) is 49.4 Å². The number of amides is 1. The molecule has 4 rings (SSSR count). The lowest BCUT2D eigenvalue weighted by Gasteiger charge is -2.29. The number of fused-ring (bicyclic) bond motifs is 1. The van der Waals surface area contributed by atoms with Crippen LogP contribution >= 0.6 is 0 Å². The molecule has 1 aliphatic rings. The standard InChI is InChI=1S/C22H24N4O6S/c1-4-21-23-20(24-32-21)13-25-18-12-17(10-11-19(18)31-14-22(25)27)33(28,29)26(5-2)15-6-8-16(30-3)9-7-15/h6-12H,4-5,13-14H2,1-3H3. The minimum absolute atomic E-state index is 0.0320. The van der Waals surface area contributed by atoms with Crippen molar-refractivity contribution in [3.8, 4) is 11.5 Å². The molecular weight excluding hydrogens is 448 g/mol. The summed E-state index contributed by atoms with van der Waals surface area (Å²) in [6.07, 6.45) is 0.571. The van der Waals surface area contributed by atoms with E-state index in [1.165, 1.54) is 21.3 Å². The summed E-state index contributed by atoms with van der Waals surface area (Å²) in [5.74, 6) is 1.48. The van der Waals surface area contributed by atoms with Gasteiger partial charge in [-0.25, -0.2) is 8.42 Å². The third-order valence-corrected chi connectivity index (χ3v) is 7.12. The van der Waals surface area contributed by atoms with Crippen LogP contribution in [-0.4, -0.2) is 44.7 Å². The van der Waals surface area contributed by atoms with Crippen molar-refractivity contribution in [2.24, 2.45) is 0 Å². The second-order valence-corrected chi connectivity index (χ2v) is 9.09. The molecule has 0 aliphatic carbocycles. The molecule has 2 heterocycles. The lowest BCUT2D eigenvalue weighted by molar-refractivity contribution is -0.121. The maximum absolute atomic E-state index is 13.5. The average molecular weight is 473 g/mol. The first kappa shape index (κ1) is 22.6. The summed E-state index contributed by atoms with van der Waals surface area (Å²) < 4.78 is 44.1. The van der Waals surface area contributed by atoms with Gasteiger partial charge in [0.1, 0.15) is 11.5 Å². The van der Waals surface area contributed by atoms with E-state index in [-0.39, 0.29) is 30.5 Å². The van der Waals surface area contributed by atoms with Gasteiger partial charge < -0.3 is 14.0 Å². The number of benzene rings is 2.